The predicted molar refractivity (Wildman–Crippen MR) is 99.6 cm³/mol. The van der Waals surface area contributed by atoms with Crippen LogP contribution in [0.2, 0.25) is 0 Å². The number of nitrogens with one attached hydrogen (secondary N) is 1. The summed E-state index contributed by atoms with van der Waals surface area (Å²) >= 11 is 1.47. The lowest BCUT2D eigenvalue weighted by Crippen LogP contribution is -2.39. The number of aromatic nitrogens is 3. The number of thioether (sulfide) groups is 1. The van der Waals surface area contributed by atoms with Crippen LogP contribution in [0.1, 0.15) is 24.6 Å². The SMILES string of the molecule is O=C(CSc1ccccn1)N1CCC(c2nc3ccc(F)cc3[nH]2)CC1. The van der Waals surface area contributed by atoms with Gasteiger partial charge in [0.1, 0.15) is 11.6 Å². The van der Waals surface area contributed by atoms with Gasteiger partial charge in [0, 0.05) is 25.2 Å². The Morgan fingerprint density at radius 3 is 2.88 bits per heavy atom. The largest absolute Gasteiger partial charge is 0.342 e. The quantitative estimate of drug-likeness (QED) is 0.713. The second-order valence-corrected chi connectivity index (χ2v) is 7.39. The topological polar surface area (TPSA) is 61.9 Å². The van der Waals surface area contributed by atoms with Crippen molar-refractivity contribution in [3.63, 3.8) is 0 Å². The molecular formula is C19H19FN4OS. The maximum Gasteiger partial charge on any atom is 0.232 e. The van der Waals surface area contributed by atoms with Gasteiger partial charge in [-0.15, -0.1) is 0 Å². The van der Waals surface area contributed by atoms with Crippen LogP contribution in [-0.4, -0.2) is 44.6 Å². The molecule has 5 nitrogen and oxygen atoms in total. The van der Waals surface area contributed by atoms with Crippen molar-refractivity contribution < 1.29 is 9.18 Å². The molecule has 1 aliphatic heterocycles. The van der Waals surface area contributed by atoms with Gasteiger partial charge in [0.05, 0.1) is 21.8 Å². The van der Waals surface area contributed by atoms with Crippen LogP contribution in [0.3, 0.4) is 0 Å². The molecule has 7 heteroatoms. The molecule has 0 bridgehead atoms. The van der Waals surface area contributed by atoms with E-state index in [0.29, 0.717) is 5.75 Å². The second kappa shape index (κ2) is 7.45. The van der Waals surface area contributed by atoms with Gasteiger partial charge >= 0.3 is 0 Å². The van der Waals surface area contributed by atoms with Crippen LogP contribution in [0.15, 0.2) is 47.6 Å². The van der Waals surface area contributed by atoms with Crippen molar-refractivity contribution in [2.75, 3.05) is 18.8 Å². The van der Waals surface area contributed by atoms with E-state index in [2.05, 4.69) is 15.0 Å². The summed E-state index contributed by atoms with van der Waals surface area (Å²) in [6.07, 6.45) is 3.46. The lowest BCUT2D eigenvalue weighted by Gasteiger charge is -2.31. The van der Waals surface area contributed by atoms with Crippen molar-refractivity contribution in [2.24, 2.45) is 0 Å². The molecule has 3 aromatic rings. The molecule has 134 valence electrons. The highest BCUT2D eigenvalue weighted by Gasteiger charge is 2.25. The summed E-state index contributed by atoms with van der Waals surface area (Å²) in [6.45, 7) is 1.44. The molecule has 1 aliphatic rings. The molecule has 1 aromatic carbocycles. The van der Waals surface area contributed by atoms with Gasteiger partial charge in [-0.1, -0.05) is 17.8 Å². The third kappa shape index (κ3) is 3.72. The van der Waals surface area contributed by atoms with E-state index in [1.807, 2.05) is 23.1 Å². The van der Waals surface area contributed by atoms with Gasteiger partial charge in [-0.05, 0) is 43.2 Å². The van der Waals surface area contributed by atoms with Crippen LogP contribution in [0.25, 0.3) is 11.0 Å². The minimum atomic E-state index is -0.265. The summed E-state index contributed by atoms with van der Waals surface area (Å²) < 4.78 is 13.3. The van der Waals surface area contributed by atoms with Crippen LogP contribution in [-0.2, 0) is 4.79 Å². The number of amides is 1. The Balaban J connectivity index is 1.33. The van der Waals surface area contributed by atoms with Gasteiger partial charge < -0.3 is 9.88 Å². The first kappa shape index (κ1) is 17.0. The van der Waals surface area contributed by atoms with Crippen LogP contribution in [0.5, 0.6) is 0 Å². The third-order valence-electron chi connectivity index (χ3n) is 4.68. The molecule has 3 heterocycles. The maximum atomic E-state index is 13.3. The molecule has 4 rings (SSSR count). The molecule has 0 unspecified atom stereocenters. The van der Waals surface area contributed by atoms with E-state index in [9.17, 15) is 9.18 Å². The van der Waals surface area contributed by atoms with E-state index < -0.39 is 0 Å². The van der Waals surface area contributed by atoms with E-state index in [1.54, 1.807) is 12.3 Å². The van der Waals surface area contributed by atoms with Crippen LogP contribution >= 0.6 is 11.8 Å². The Kier molecular flexibility index (Phi) is 4.88. The highest BCUT2D eigenvalue weighted by molar-refractivity contribution is 7.99. The average Bonchev–Trinajstić information content (AvgIpc) is 3.10. The van der Waals surface area contributed by atoms with Crippen LogP contribution < -0.4 is 0 Å². The van der Waals surface area contributed by atoms with E-state index in [4.69, 9.17) is 0 Å². The van der Waals surface area contributed by atoms with Gasteiger partial charge in [-0.3, -0.25) is 4.79 Å². The highest BCUT2D eigenvalue weighted by atomic mass is 32.2. The van der Waals surface area contributed by atoms with Gasteiger partial charge in [-0.2, -0.15) is 0 Å². The van der Waals surface area contributed by atoms with E-state index in [0.717, 1.165) is 47.8 Å². The minimum Gasteiger partial charge on any atom is -0.342 e. The number of nitrogens with zero attached hydrogens (tertiary/aromatic N) is 3. The monoisotopic (exact) mass is 370 g/mol. The lowest BCUT2D eigenvalue weighted by atomic mass is 9.96. The van der Waals surface area contributed by atoms with Crippen LogP contribution in [0.4, 0.5) is 4.39 Å². The zero-order valence-corrected chi connectivity index (χ0v) is 15.0. The number of pyridine rings is 1. The molecule has 1 fully saturated rings. The Morgan fingerprint density at radius 1 is 1.27 bits per heavy atom. The first-order valence-electron chi connectivity index (χ1n) is 8.66. The Hall–Kier alpha value is -2.41. The number of piperidine rings is 1. The van der Waals surface area contributed by atoms with Crippen molar-refractivity contribution in [3.8, 4) is 0 Å². The van der Waals surface area contributed by atoms with Crippen molar-refractivity contribution in [2.45, 2.75) is 23.8 Å². The molecule has 1 N–H and O–H groups in total. The van der Waals surface area contributed by atoms with Gasteiger partial charge in [0.25, 0.3) is 0 Å². The zero-order valence-electron chi connectivity index (χ0n) is 14.2. The number of carbonyl (C=O) groups is 1. The molecule has 0 aliphatic carbocycles. The number of fused-ring (bicyclic) bond motifs is 1. The van der Waals surface area contributed by atoms with Gasteiger partial charge in [0.15, 0.2) is 0 Å². The maximum absolute atomic E-state index is 13.3. The molecule has 26 heavy (non-hydrogen) atoms. The highest BCUT2D eigenvalue weighted by Crippen LogP contribution is 2.28. The fourth-order valence-electron chi connectivity index (χ4n) is 3.26. The Bertz CT molecular complexity index is 906. The van der Waals surface area contributed by atoms with E-state index in [-0.39, 0.29) is 17.6 Å². The number of halogens is 1. The number of hydrogen-bond acceptors (Lipinski definition) is 4. The summed E-state index contributed by atoms with van der Waals surface area (Å²) in [5, 5.41) is 0.866. The Morgan fingerprint density at radius 2 is 2.12 bits per heavy atom. The summed E-state index contributed by atoms with van der Waals surface area (Å²) in [6, 6.07) is 10.3. The number of aromatic amines is 1. The number of imidazole rings is 1. The van der Waals surface area contributed by atoms with Crippen molar-refractivity contribution in [1.82, 2.24) is 19.9 Å². The molecular weight excluding hydrogens is 351 g/mol. The fraction of sp³-hybridized carbons (Fsp3) is 0.316. The van der Waals surface area contributed by atoms with Crippen molar-refractivity contribution in [1.29, 1.82) is 0 Å². The minimum absolute atomic E-state index is 0.144. The van der Waals surface area contributed by atoms with Crippen LogP contribution in [0, 0.1) is 5.82 Å². The number of benzene rings is 1. The molecule has 0 spiro atoms. The molecule has 2 aromatic heterocycles. The molecule has 1 amide bonds. The van der Waals surface area contributed by atoms with Gasteiger partial charge in [0.2, 0.25) is 5.91 Å². The fourth-order valence-corrected chi connectivity index (χ4v) is 4.02. The van der Waals surface area contributed by atoms with Gasteiger partial charge in [-0.25, -0.2) is 14.4 Å². The third-order valence-corrected chi connectivity index (χ3v) is 5.61. The van der Waals surface area contributed by atoms with E-state index in [1.165, 1.54) is 23.9 Å². The van der Waals surface area contributed by atoms with Crippen molar-refractivity contribution >= 4 is 28.7 Å². The predicted octanol–water partition coefficient (Wildman–Crippen LogP) is 3.60. The number of likely N-dealkylation sites (tertiary alicyclic amines) is 1. The summed E-state index contributed by atoms with van der Waals surface area (Å²) in [4.78, 5) is 26.4. The molecule has 1 saturated heterocycles. The lowest BCUT2D eigenvalue weighted by molar-refractivity contribution is -0.129. The summed E-state index contributed by atoms with van der Waals surface area (Å²) in [7, 11) is 0. The summed E-state index contributed by atoms with van der Waals surface area (Å²) in [5.74, 6) is 1.45. The standard InChI is InChI=1S/C19H19FN4OS/c20-14-4-5-15-16(11-14)23-19(22-15)13-6-9-24(10-7-13)18(25)12-26-17-3-1-2-8-21-17/h1-5,8,11,13H,6-7,9-10,12H2,(H,22,23). The number of rotatable bonds is 4. The summed E-state index contributed by atoms with van der Waals surface area (Å²) in [5.41, 5.74) is 1.51. The number of H-pyrrole nitrogens is 1. The zero-order chi connectivity index (χ0) is 17.9. The first-order chi connectivity index (χ1) is 12.7. The Labute approximate surface area is 155 Å². The normalized spacial score (nSPS) is 15.5. The van der Waals surface area contributed by atoms with E-state index >= 15 is 0 Å². The molecule has 0 saturated carbocycles. The molecule has 0 atom stereocenters. The number of carbonyl (C=O) groups excluding carboxylic acids is 1. The average molecular weight is 370 g/mol. The van der Waals surface area contributed by atoms with Crippen molar-refractivity contribution in [3.05, 3.63) is 54.2 Å². The smallest absolute Gasteiger partial charge is 0.232 e. The second-order valence-electron chi connectivity index (χ2n) is 6.40. The molecule has 0 radical (unpaired) electrons. The number of hydrogen-bond donors (Lipinski definition) is 1. The first-order valence-corrected chi connectivity index (χ1v) is 9.64.